The van der Waals surface area contributed by atoms with Crippen LogP contribution in [0.25, 0.3) is 0 Å². The summed E-state index contributed by atoms with van der Waals surface area (Å²) in [4.78, 5) is 20.1. The van der Waals surface area contributed by atoms with Crippen molar-refractivity contribution < 1.29 is 4.79 Å². The highest BCUT2D eigenvalue weighted by atomic mass is 79.9. The fourth-order valence-electron chi connectivity index (χ4n) is 1.30. The normalized spacial score (nSPS) is 10.5. The minimum atomic E-state index is -0.122. The van der Waals surface area contributed by atoms with Gasteiger partial charge in [-0.05, 0) is 37.9 Å². The fourth-order valence-corrected chi connectivity index (χ4v) is 3.11. The number of pyridine rings is 1. The molecule has 100 valence electrons. The topological polar surface area (TPSA) is 59.8 Å². The highest BCUT2D eigenvalue weighted by Gasteiger charge is 2.09. The van der Waals surface area contributed by atoms with Crippen LogP contribution >= 0.6 is 43.6 Å². The average molecular weight is 406 g/mol. The van der Waals surface area contributed by atoms with Crippen molar-refractivity contribution in [2.45, 2.75) is 5.16 Å². The second-order valence-corrected chi connectivity index (χ2v) is 6.35. The monoisotopic (exact) mass is 404 g/mol. The number of nitrogens with zero attached hydrogens (tertiary/aromatic N) is 3. The average Bonchev–Trinajstić information content (AvgIpc) is 2.76. The molecule has 2 aromatic rings. The maximum Gasteiger partial charge on any atom is 0.236 e. The first kappa shape index (κ1) is 14.5. The van der Waals surface area contributed by atoms with E-state index in [0.717, 1.165) is 14.1 Å². The Morgan fingerprint density at radius 3 is 2.89 bits per heavy atom. The van der Waals surface area contributed by atoms with Crippen LogP contribution in [0.2, 0.25) is 0 Å². The molecule has 1 amide bonds. The molecule has 0 fully saturated rings. The number of aryl methyl sites for hydroxylation is 1. The van der Waals surface area contributed by atoms with Crippen molar-refractivity contribution in [3.63, 3.8) is 0 Å². The number of hydrogen-bond donors (Lipinski definition) is 1. The van der Waals surface area contributed by atoms with Crippen molar-refractivity contribution in [3.8, 4) is 0 Å². The Kier molecular flexibility index (Phi) is 5.00. The molecule has 1 N–H and O–H groups in total. The Morgan fingerprint density at radius 1 is 1.47 bits per heavy atom. The van der Waals surface area contributed by atoms with E-state index >= 15 is 0 Å². The van der Waals surface area contributed by atoms with Gasteiger partial charge < -0.3 is 9.88 Å². The number of halogens is 2. The molecule has 0 aliphatic carbocycles. The third-order valence-corrected chi connectivity index (χ3v) is 4.27. The van der Waals surface area contributed by atoms with E-state index in [2.05, 4.69) is 47.1 Å². The quantitative estimate of drug-likeness (QED) is 0.794. The lowest BCUT2D eigenvalue weighted by Crippen LogP contribution is -2.15. The molecule has 0 bridgehead atoms. The van der Waals surface area contributed by atoms with Crippen LogP contribution in [0.4, 0.5) is 5.82 Å². The molecule has 0 aliphatic heterocycles. The maximum atomic E-state index is 11.8. The van der Waals surface area contributed by atoms with Gasteiger partial charge >= 0.3 is 0 Å². The third-order valence-electron chi connectivity index (χ3n) is 2.17. The zero-order valence-corrected chi connectivity index (χ0v) is 13.9. The number of aromatic nitrogens is 3. The number of carbonyl (C=O) groups excluding carboxylic acids is 1. The van der Waals surface area contributed by atoms with E-state index < -0.39 is 0 Å². The van der Waals surface area contributed by atoms with E-state index in [1.54, 1.807) is 12.4 Å². The van der Waals surface area contributed by atoms with Gasteiger partial charge in [-0.25, -0.2) is 9.97 Å². The van der Waals surface area contributed by atoms with Crippen LogP contribution in [0.3, 0.4) is 0 Å². The molecule has 0 spiro atoms. The van der Waals surface area contributed by atoms with Gasteiger partial charge in [-0.1, -0.05) is 11.8 Å². The lowest BCUT2D eigenvalue weighted by atomic mass is 10.4. The molecule has 19 heavy (non-hydrogen) atoms. The van der Waals surface area contributed by atoms with E-state index in [0.29, 0.717) is 5.82 Å². The summed E-state index contributed by atoms with van der Waals surface area (Å²) in [6.45, 7) is 0. The van der Waals surface area contributed by atoms with Crippen LogP contribution in [0, 0.1) is 0 Å². The summed E-state index contributed by atoms with van der Waals surface area (Å²) in [5.74, 6) is 0.673. The second-order valence-electron chi connectivity index (χ2n) is 3.64. The molecule has 0 aromatic carbocycles. The van der Waals surface area contributed by atoms with Crippen molar-refractivity contribution in [3.05, 3.63) is 33.6 Å². The van der Waals surface area contributed by atoms with E-state index in [-0.39, 0.29) is 11.7 Å². The number of thioether (sulfide) groups is 1. The summed E-state index contributed by atoms with van der Waals surface area (Å²) in [6, 6.07) is 1.83. The Hall–Kier alpha value is -0.860. The van der Waals surface area contributed by atoms with Crippen LogP contribution < -0.4 is 5.32 Å². The molecule has 2 rings (SSSR count). The van der Waals surface area contributed by atoms with Gasteiger partial charge in [0.1, 0.15) is 5.82 Å². The molecule has 0 saturated carbocycles. The smallest absolute Gasteiger partial charge is 0.236 e. The summed E-state index contributed by atoms with van der Waals surface area (Å²) in [5.41, 5.74) is 0. The van der Waals surface area contributed by atoms with Crippen LogP contribution in [0.15, 0.2) is 38.8 Å². The maximum absolute atomic E-state index is 11.8. The van der Waals surface area contributed by atoms with Crippen LogP contribution in [0.5, 0.6) is 0 Å². The lowest BCUT2D eigenvalue weighted by molar-refractivity contribution is -0.113. The summed E-state index contributed by atoms with van der Waals surface area (Å²) in [7, 11) is 1.89. The summed E-state index contributed by atoms with van der Waals surface area (Å²) >= 11 is 8.03. The van der Waals surface area contributed by atoms with Crippen molar-refractivity contribution in [1.29, 1.82) is 0 Å². The Morgan fingerprint density at radius 2 is 2.26 bits per heavy atom. The number of imidazole rings is 1. The van der Waals surface area contributed by atoms with Gasteiger partial charge in [-0.3, -0.25) is 4.79 Å². The Labute approximate surface area is 131 Å². The van der Waals surface area contributed by atoms with Crippen LogP contribution in [-0.2, 0) is 11.8 Å². The Balaban J connectivity index is 1.93. The second kappa shape index (κ2) is 6.53. The SMILES string of the molecule is Cn1ccnc1SCC(=O)Nc1ncc(Br)cc1Br. The summed E-state index contributed by atoms with van der Waals surface area (Å²) < 4.78 is 3.45. The lowest BCUT2D eigenvalue weighted by Gasteiger charge is -2.06. The molecule has 0 radical (unpaired) electrons. The molecule has 8 heteroatoms. The van der Waals surface area contributed by atoms with Crippen molar-refractivity contribution in [2.75, 3.05) is 11.1 Å². The highest BCUT2D eigenvalue weighted by Crippen LogP contribution is 2.24. The third kappa shape index (κ3) is 4.05. The predicted octanol–water partition coefficient (Wildman–Crippen LogP) is 3.07. The van der Waals surface area contributed by atoms with Gasteiger partial charge in [-0.15, -0.1) is 0 Å². The van der Waals surface area contributed by atoms with Crippen LogP contribution in [-0.4, -0.2) is 26.2 Å². The first-order chi connectivity index (χ1) is 9.06. The largest absolute Gasteiger partial charge is 0.329 e. The molecule has 5 nitrogen and oxygen atoms in total. The number of anilines is 1. The molecule has 0 saturated heterocycles. The van der Waals surface area contributed by atoms with Gasteiger partial charge in [0.2, 0.25) is 5.91 Å². The minimum absolute atomic E-state index is 0.122. The molecule has 0 atom stereocenters. The van der Waals surface area contributed by atoms with Crippen molar-refractivity contribution in [1.82, 2.24) is 14.5 Å². The number of carbonyl (C=O) groups is 1. The van der Waals surface area contributed by atoms with Gasteiger partial charge in [0.25, 0.3) is 0 Å². The first-order valence-corrected chi connectivity index (χ1v) is 7.84. The molecule has 2 heterocycles. The van der Waals surface area contributed by atoms with Gasteiger partial charge in [-0.2, -0.15) is 0 Å². The first-order valence-electron chi connectivity index (χ1n) is 5.27. The molecule has 0 unspecified atom stereocenters. The highest BCUT2D eigenvalue weighted by molar-refractivity contribution is 9.11. The minimum Gasteiger partial charge on any atom is -0.329 e. The van der Waals surface area contributed by atoms with Crippen LogP contribution in [0.1, 0.15) is 0 Å². The predicted molar refractivity (Wildman–Crippen MR) is 82.2 cm³/mol. The summed E-state index contributed by atoms with van der Waals surface area (Å²) in [6.07, 6.45) is 5.17. The molecule has 0 aliphatic rings. The number of amides is 1. The van der Waals surface area contributed by atoms with Gasteiger partial charge in [0, 0.05) is 30.1 Å². The summed E-state index contributed by atoms with van der Waals surface area (Å²) in [5, 5.41) is 3.55. The number of rotatable bonds is 4. The Bertz CT molecular complexity index is 602. The van der Waals surface area contributed by atoms with Gasteiger partial charge in [0.15, 0.2) is 5.16 Å². The molecular weight excluding hydrogens is 396 g/mol. The van der Waals surface area contributed by atoms with Gasteiger partial charge in [0.05, 0.1) is 10.2 Å². The number of hydrogen-bond acceptors (Lipinski definition) is 4. The zero-order chi connectivity index (χ0) is 13.8. The van der Waals surface area contributed by atoms with E-state index in [4.69, 9.17) is 0 Å². The van der Waals surface area contributed by atoms with E-state index in [1.807, 2.05) is 23.9 Å². The van der Waals surface area contributed by atoms with Crippen molar-refractivity contribution in [2.24, 2.45) is 7.05 Å². The fraction of sp³-hybridized carbons (Fsp3) is 0.182. The van der Waals surface area contributed by atoms with E-state index in [9.17, 15) is 4.79 Å². The molecule has 2 aromatic heterocycles. The standard InChI is InChI=1S/C11H10Br2N4OS/c1-17-3-2-14-11(17)19-6-9(18)16-10-8(13)4-7(12)5-15-10/h2-5H,6H2,1H3,(H,15,16,18). The van der Waals surface area contributed by atoms with E-state index in [1.165, 1.54) is 11.8 Å². The zero-order valence-electron chi connectivity index (χ0n) is 9.93. The number of nitrogens with one attached hydrogen (secondary N) is 1. The molecular formula is C11H10Br2N4OS. The van der Waals surface area contributed by atoms with Crippen molar-refractivity contribution >= 4 is 55.3 Å².